The molecule has 1 aliphatic rings. The number of piperidine rings is 1. The smallest absolute Gasteiger partial charge is 0.240 e. The van der Waals surface area contributed by atoms with E-state index in [1.54, 1.807) is 0 Å². The average Bonchev–Trinajstić information content (AvgIpc) is 3.15. The van der Waals surface area contributed by atoms with Gasteiger partial charge in [-0.05, 0) is 43.1 Å². The molecule has 0 bridgehead atoms. The van der Waals surface area contributed by atoms with Gasteiger partial charge in [-0.1, -0.05) is 41.6 Å². The first-order chi connectivity index (χ1) is 14.5. The van der Waals surface area contributed by atoms with Crippen LogP contribution in [-0.4, -0.2) is 42.6 Å². The van der Waals surface area contributed by atoms with E-state index in [-0.39, 0.29) is 10.9 Å². The molecule has 0 radical (unpaired) electrons. The van der Waals surface area contributed by atoms with Crippen molar-refractivity contribution in [3.63, 3.8) is 0 Å². The van der Waals surface area contributed by atoms with Crippen molar-refractivity contribution in [2.75, 3.05) is 13.1 Å². The zero-order valence-corrected chi connectivity index (χ0v) is 17.2. The normalized spacial score (nSPS) is 17.8. The Labute approximate surface area is 175 Å². The van der Waals surface area contributed by atoms with Crippen molar-refractivity contribution in [1.29, 1.82) is 0 Å². The maximum Gasteiger partial charge on any atom is 0.240 e. The zero-order chi connectivity index (χ0) is 21.0. The molecular formula is C21H23FN4O3S. The van der Waals surface area contributed by atoms with Gasteiger partial charge >= 0.3 is 0 Å². The highest BCUT2D eigenvalue weighted by atomic mass is 32.2. The van der Waals surface area contributed by atoms with E-state index in [1.807, 2.05) is 30.3 Å². The van der Waals surface area contributed by atoms with Gasteiger partial charge in [-0.2, -0.15) is 4.98 Å². The minimum absolute atomic E-state index is 0.0663. The Morgan fingerprint density at radius 3 is 2.80 bits per heavy atom. The zero-order valence-electron chi connectivity index (χ0n) is 16.4. The van der Waals surface area contributed by atoms with Crippen LogP contribution in [0.15, 0.2) is 64.0 Å². The van der Waals surface area contributed by atoms with Gasteiger partial charge in [0.1, 0.15) is 5.82 Å². The van der Waals surface area contributed by atoms with E-state index in [0.29, 0.717) is 31.2 Å². The van der Waals surface area contributed by atoms with Crippen molar-refractivity contribution >= 4 is 10.0 Å². The molecule has 9 heteroatoms. The Kier molecular flexibility index (Phi) is 6.21. The molecule has 1 fully saturated rings. The molecule has 3 aromatic rings. The van der Waals surface area contributed by atoms with E-state index in [1.165, 1.54) is 18.2 Å². The van der Waals surface area contributed by atoms with Crippen molar-refractivity contribution in [2.24, 2.45) is 0 Å². The Balaban J connectivity index is 1.35. The van der Waals surface area contributed by atoms with E-state index in [4.69, 9.17) is 4.52 Å². The number of nitrogens with one attached hydrogen (secondary N) is 1. The molecule has 7 nitrogen and oxygen atoms in total. The molecule has 1 atom stereocenters. The molecule has 2 heterocycles. The maximum atomic E-state index is 13.4. The molecule has 30 heavy (non-hydrogen) atoms. The molecule has 0 amide bonds. The number of aromatic nitrogens is 2. The highest BCUT2D eigenvalue weighted by Gasteiger charge is 2.26. The number of rotatable bonds is 7. The third kappa shape index (κ3) is 5.29. The van der Waals surface area contributed by atoms with Gasteiger partial charge in [0.15, 0.2) is 5.82 Å². The molecule has 0 spiro atoms. The summed E-state index contributed by atoms with van der Waals surface area (Å²) in [7, 11) is -3.78. The van der Waals surface area contributed by atoms with Crippen molar-refractivity contribution in [3.8, 4) is 0 Å². The number of halogens is 1. The molecule has 1 saturated heterocycles. The molecule has 1 aliphatic heterocycles. The van der Waals surface area contributed by atoms with Crippen molar-refractivity contribution in [3.05, 3.63) is 77.7 Å². The average molecular weight is 431 g/mol. The van der Waals surface area contributed by atoms with E-state index in [0.717, 1.165) is 31.0 Å². The maximum absolute atomic E-state index is 13.4. The predicted octanol–water partition coefficient (Wildman–Crippen LogP) is 2.74. The number of benzene rings is 2. The summed E-state index contributed by atoms with van der Waals surface area (Å²) >= 11 is 0. The van der Waals surface area contributed by atoms with Gasteiger partial charge < -0.3 is 4.52 Å². The summed E-state index contributed by atoms with van der Waals surface area (Å²) in [4.78, 5) is 6.49. The van der Waals surface area contributed by atoms with Crippen LogP contribution in [0.4, 0.5) is 4.39 Å². The largest absolute Gasteiger partial charge is 0.339 e. The van der Waals surface area contributed by atoms with Crippen LogP contribution in [0, 0.1) is 5.82 Å². The highest BCUT2D eigenvalue weighted by Crippen LogP contribution is 2.17. The standard InChI is InChI=1S/C21H23FN4O3S/c22-17-8-4-10-19(13-17)30(27,28)25-18-9-5-11-26(14-18)15-20-23-21(29-24-20)12-16-6-2-1-3-7-16/h1-4,6-8,10,13,18,25H,5,9,11-12,14-15H2. The van der Waals surface area contributed by atoms with E-state index in [2.05, 4.69) is 19.8 Å². The molecule has 158 valence electrons. The fourth-order valence-electron chi connectivity index (χ4n) is 3.61. The van der Waals surface area contributed by atoms with Crippen LogP contribution in [0.3, 0.4) is 0 Å². The van der Waals surface area contributed by atoms with Crippen LogP contribution in [0.25, 0.3) is 0 Å². The van der Waals surface area contributed by atoms with Crippen LogP contribution >= 0.6 is 0 Å². The van der Waals surface area contributed by atoms with Crippen molar-refractivity contribution in [2.45, 2.75) is 36.7 Å². The monoisotopic (exact) mass is 430 g/mol. The molecule has 2 aromatic carbocycles. The number of hydrogen-bond donors (Lipinski definition) is 1. The second kappa shape index (κ2) is 9.03. The fraction of sp³-hybridized carbons (Fsp3) is 0.333. The van der Waals surface area contributed by atoms with E-state index in [9.17, 15) is 12.8 Å². The summed E-state index contributed by atoms with van der Waals surface area (Å²) < 4.78 is 46.6. The third-order valence-electron chi connectivity index (χ3n) is 5.01. The van der Waals surface area contributed by atoms with Gasteiger partial charge in [-0.25, -0.2) is 17.5 Å². The Morgan fingerprint density at radius 2 is 2.00 bits per heavy atom. The van der Waals surface area contributed by atoms with Crippen LogP contribution < -0.4 is 4.72 Å². The summed E-state index contributed by atoms with van der Waals surface area (Å²) in [5, 5.41) is 4.06. The molecule has 0 saturated carbocycles. The third-order valence-corrected chi connectivity index (χ3v) is 6.53. The SMILES string of the molecule is O=S(=O)(NC1CCCN(Cc2noc(Cc3ccccc3)n2)C1)c1cccc(F)c1. The van der Waals surface area contributed by atoms with Crippen molar-refractivity contribution < 1.29 is 17.3 Å². The lowest BCUT2D eigenvalue weighted by Crippen LogP contribution is -2.47. The summed E-state index contributed by atoms with van der Waals surface area (Å²) in [6, 6.07) is 14.7. The van der Waals surface area contributed by atoms with Crippen LogP contribution in [0.1, 0.15) is 30.1 Å². The van der Waals surface area contributed by atoms with Gasteiger partial charge in [-0.3, -0.25) is 4.90 Å². The minimum atomic E-state index is -3.78. The predicted molar refractivity (Wildman–Crippen MR) is 109 cm³/mol. The highest BCUT2D eigenvalue weighted by molar-refractivity contribution is 7.89. The molecule has 0 aliphatic carbocycles. The van der Waals surface area contributed by atoms with Gasteiger partial charge in [0, 0.05) is 12.6 Å². The van der Waals surface area contributed by atoms with E-state index >= 15 is 0 Å². The second-order valence-electron chi connectivity index (χ2n) is 7.42. The molecular weight excluding hydrogens is 407 g/mol. The minimum Gasteiger partial charge on any atom is -0.339 e. The Hall–Kier alpha value is -2.62. The molecule has 1 N–H and O–H groups in total. The first-order valence-electron chi connectivity index (χ1n) is 9.83. The number of nitrogens with zero attached hydrogens (tertiary/aromatic N) is 3. The van der Waals surface area contributed by atoms with E-state index < -0.39 is 15.8 Å². The lowest BCUT2D eigenvalue weighted by atomic mass is 10.1. The van der Waals surface area contributed by atoms with Gasteiger partial charge in [0.05, 0.1) is 17.9 Å². The molecule has 1 unspecified atom stereocenters. The molecule has 1 aromatic heterocycles. The number of hydrogen-bond acceptors (Lipinski definition) is 6. The number of sulfonamides is 1. The van der Waals surface area contributed by atoms with Crippen LogP contribution in [0.5, 0.6) is 0 Å². The van der Waals surface area contributed by atoms with Crippen LogP contribution in [0.2, 0.25) is 0 Å². The fourth-order valence-corrected chi connectivity index (χ4v) is 4.91. The lowest BCUT2D eigenvalue weighted by molar-refractivity contribution is 0.188. The Morgan fingerprint density at radius 1 is 1.17 bits per heavy atom. The lowest BCUT2D eigenvalue weighted by Gasteiger charge is -2.32. The summed E-state index contributed by atoms with van der Waals surface area (Å²) in [6.07, 6.45) is 2.13. The van der Waals surface area contributed by atoms with Gasteiger partial charge in [-0.15, -0.1) is 0 Å². The summed E-state index contributed by atoms with van der Waals surface area (Å²) in [5.74, 6) is 0.553. The van der Waals surface area contributed by atoms with Crippen LogP contribution in [-0.2, 0) is 23.0 Å². The Bertz CT molecular complexity index is 1090. The van der Waals surface area contributed by atoms with Gasteiger partial charge in [0.2, 0.25) is 15.9 Å². The van der Waals surface area contributed by atoms with Crippen molar-refractivity contribution in [1.82, 2.24) is 19.8 Å². The first-order valence-corrected chi connectivity index (χ1v) is 11.3. The second-order valence-corrected chi connectivity index (χ2v) is 9.13. The van der Waals surface area contributed by atoms with Gasteiger partial charge in [0.25, 0.3) is 0 Å². The topological polar surface area (TPSA) is 88.3 Å². The molecule has 4 rings (SSSR count). The summed E-state index contributed by atoms with van der Waals surface area (Å²) in [5.41, 5.74) is 1.09. The first kappa shape index (κ1) is 20.6. The number of likely N-dealkylation sites (tertiary alicyclic amines) is 1. The quantitative estimate of drug-likeness (QED) is 0.620. The summed E-state index contributed by atoms with van der Waals surface area (Å²) in [6.45, 7) is 1.83.